The first-order valence-electron chi connectivity index (χ1n) is 8.10. The van der Waals surface area contributed by atoms with Crippen LogP contribution in [0.25, 0.3) is 0 Å². The van der Waals surface area contributed by atoms with Crippen molar-refractivity contribution in [2.24, 2.45) is 23.5 Å². The van der Waals surface area contributed by atoms with Gasteiger partial charge in [-0.3, -0.25) is 9.69 Å². The molecular weight excluding hydrogens is 250 g/mol. The highest BCUT2D eigenvalue weighted by Crippen LogP contribution is 2.21. The number of nitrogens with two attached hydrogens (primary N) is 1. The molecule has 4 nitrogen and oxygen atoms in total. The normalized spacial score (nSPS) is 22.6. The molecule has 3 N–H and O–H groups in total. The Labute approximate surface area is 124 Å². The predicted octanol–water partition coefficient (Wildman–Crippen LogP) is 1.84. The van der Waals surface area contributed by atoms with Gasteiger partial charge in [-0.2, -0.15) is 0 Å². The van der Waals surface area contributed by atoms with Crippen LogP contribution in [0.15, 0.2) is 0 Å². The molecule has 0 aromatic heterocycles. The third kappa shape index (κ3) is 5.06. The summed E-state index contributed by atoms with van der Waals surface area (Å²) in [7, 11) is 0. The molecule has 1 aliphatic rings. The predicted molar refractivity (Wildman–Crippen MR) is 84.4 cm³/mol. The Balaban J connectivity index is 2.49. The Morgan fingerprint density at radius 2 is 1.80 bits per heavy atom. The van der Waals surface area contributed by atoms with Crippen LogP contribution in [0.3, 0.4) is 0 Å². The molecule has 0 aliphatic carbocycles. The van der Waals surface area contributed by atoms with Crippen molar-refractivity contribution in [3.63, 3.8) is 0 Å². The number of rotatable bonds is 6. The van der Waals surface area contributed by atoms with Gasteiger partial charge in [-0.25, -0.2) is 0 Å². The lowest BCUT2D eigenvalue weighted by molar-refractivity contribution is -0.125. The van der Waals surface area contributed by atoms with E-state index in [2.05, 4.69) is 31.0 Å². The minimum absolute atomic E-state index is 0.0797. The van der Waals surface area contributed by atoms with Crippen molar-refractivity contribution in [3.8, 4) is 0 Å². The Morgan fingerprint density at radius 3 is 2.25 bits per heavy atom. The number of hydrogen-bond donors (Lipinski definition) is 2. The zero-order valence-corrected chi connectivity index (χ0v) is 13.9. The molecular formula is C16H33N3O. The molecule has 0 saturated carbocycles. The summed E-state index contributed by atoms with van der Waals surface area (Å²) in [6.07, 6.45) is 2.54. The fourth-order valence-corrected chi connectivity index (χ4v) is 2.75. The average Bonchev–Trinajstić information content (AvgIpc) is 2.39. The number of nitrogens with one attached hydrogen (secondary N) is 1. The highest BCUT2D eigenvalue weighted by atomic mass is 16.1. The summed E-state index contributed by atoms with van der Waals surface area (Å²) in [5.74, 6) is 1.35. The van der Waals surface area contributed by atoms with E-state index in [9.17, 15) is 4.79 Å². The van der Waals surface area contributed by atoms with E-state index in [1.807, 2.05) is 13.8 Å². The Hall–Kier alpha value is -0.610. The molecule has 0 bridgehead atoms. The van der Waals surface area contributed by atoms with Gasteiger partial charge >= 0.3 is 0 Å². The fraction of sp³-hybridized carbons (Fsp3) is 0.938. The highest BCUT2D eigenvalue weighted by Gasteiger charge is 2.26. The lowest BCUT2D eigenvalue weighted by Gasteiger charge is -2.39. The molecule has 1 rings (SSSR count). The molecule has 0 spiro atoms. The van der Waals surface area contributed by atoms with E-state index in [4.69, 9.17) is 5.73 Å². The summed E-state index contributed by atoms with van der Waals surface area (Å²) in [5, 5.41) is 3.09. The zero-order chi connectivity index (χ0) is 15.3. The third-order valence-electron chi connectivity index (χ3n) is 4.74. The van der Waals surface area contributed by atoms with E-state index < -0.39 is 0 Å². The zero-order valence-electron chi connectivity index (χ0n) is 13.9. The molecule has 0 aromatic rings. The SMILES string of the molecule is CC1CCN(C(CNC(=O)C(C)C(C)N)C(C)C)CC1. The van der Waals surface area contributed by atoms with Gasteiger partial charge in [-0.05, 0) is 44.7 Å². The number of carbonyl (C=O) groups is 1. The summed E-state index contributed by atoms with van der Waals surface area (Å²) < 4.78 is 0. The Kier molecular flexibility index (Phi) is 6.96. The lowest BCUT2D eigenvalue weighted by Crippen LogP contribution is -2.51. The van der Waals surface area contributed by atoms with Crippen molar-refractivity contribution >= 4 is 5.91 Å². The minimum Gasteiger partial charge on any atom is -0.354 e. The second-order valence-electron chi connectivity index (χ2n) is 6.92. The molecule has 20 heavy (non-hydrogen) atoms. The van der Waals surface area contributed by atoms with Crippen molar-refractivity contribution in [2.75, 3.05) is 19.6 Å². The van der Waals surface area contributed by atoms with Gasteiger partial charge in [0.25, 0.3) is 0 Å². The van der Waals surface area contributed by atoms with E-state index in [0.717, 1.165) is 25.6 Å². The summed E-state index contributed by atoms with van der Waals surface area (Å²) in [6, 6.07) is 0.343. The van der Waals surface area contributed by atoms with Gasteiger partial charge in [0.1, 0.15) is 0 Å². The number of piperidine rings is 1. The van der Waals surface area contributed by atoms with Crippen LogP contribution in [0.5, 0.6) is 0 Å². The van der Waals surface area contributed by atoms with Crippen molar-refractivity contribution in [1.29, 1.82) is 0 Å². The standard InChI is InChI=1S/C16H33N3O/c1-11(2)15(19-8-6-12(3)7-9-19)10-18-16(20)13(4)14(5)17/h11-15H,6-10,17H2,1-5H3,(H,18,20). The number of hydrogen-bond acceptors (Lipinski definition) is 3. The van der Waals surface area contributed by atoms with Crippen molar-refractivity contribution in [2.45, 2.75) is 59.5 Å². The lowest BCUT2D eigenvalue weighted by atomic mass is 9.94. The quantitative estimate of drug-likeness (QED) is 0.782. The van der Waals surface area contributed by atoms with Gasteiger partial charge in [-0.1, -0.05) is 27.7 Å². The topological polar surface area (TPSA) is 58.4 Å². The smallest absolute Gasteiger partial charge is 0.224 e. The van der Waals surface area contributed by atoms with Crippen LogP contribution in [-0.4, -0.2) is 42.5 Å². The van der Waals surface area contributed by atoms with Gasteiger partial charge < -0.3 is 11.1 Å². The maximum Gasteiger partial charge on any atom is 0.224 e. The second kappa shape index (κ2) is 7.99. The number of likely N-dealkylation sites (tertiary alicyclic amines) is 1. The summed E-state index contributed by atoms with van der Waals surface area (Å²) in [4.78, 5) is 14.6. The average molecular weight is 283 g/mol. The van der Waals surface area contributed by atoms with Crippen molar-refractivity contribution in [3.05, 3.63) is 0 Å². The van der Waals surface area contributed by atoms with Crippen LogP contribution >= 0.6 is 0 Å². The number of carbonyl (C=O) groups excluding carboxylic acids is 1. The molecule has 0 aromatic carbocycles. The molecule has 1 fully saturated rings. The Morgan fingerprint density at radius 1 is 1.25 bits per heavy atom. The largest absolute Gasteiger partial charge is 0.354 e. The molecule has 3 unspecified atom stereocenters. The molecule has 1 amide bonds. The van der Waals surface area contributed by atoms with Crippen LogP contribution in [0.4, 0.5) is 0 Å². The van der Waals surface area contributed by atoms with E-state index in [1.165, 1.54) is 12.8 Å². The van der Waals surface area contributed by atoms with Crippen LogP contribution in [0.2, 0.25) is 0 Å². The number of amides is 1. The van der Waals surface area contributed by atoms with Crippen LogP contribution < -0.4 is 11.1 Å². The summed E-state index contributed by atoms with van der Waals surface area (Å²) >= 11 is 0. The highest BCUT2D eigenvalue weighted by molar-refractivity contribution is 5.78. The van der Waals surface area contributed by atoms with Gasteiger partial charge in [0, 0.05) is 24.5 Å². The molecule has 1 saturated heterocycles. The Bertz CT molecular complexity index is 296. The maximum absolute atomic E-state index is 12.0. The van der Waals surface area contributed by atoms with Crippen molar-refractivity contribution < 1.29 is 4.79 Å². The van der Waals surface area contributed by atoms with Crippen LogP contribution in [0, 0.1) is 17.8 Å². The molecule has 3 atom stereocenters. The monoisotopic (exact) mass is 283 g/mol. The van der Waals surface area contributed by atoms with Gasteiger partial charge in [0.2, 0.25) is 5.91 Å². The fourth-order valence-electron chi connectivity index (χ4n) is 2.75. The molecule has 118 valence electrons. The second-order valence-corrected chi connectivity index (χ2v) is 6.92. The first-order chi connectivity index (χ1) is 9.32. The third-order valence-corrected chi connectivity index (χ3v) is 4.74. The summed E-state index contributed by atoms with van der Waals surface area (Å²) in [5.41, 5.74) is 5.79. The van der Waals surface area contributed by atoms with E-state index in [1.54, 1.807) is 0 Å². The van der Waals surface area contributed by atoms with Gasteiger partial charge in [0.15, 0.2) is 0 Å². The first-order valence-corrected chi connectivity index (χ1v) is 8.10. The summed E-state index contributed by atoms with van der Waals surface area (Å²) in [6.45, 7) is 13.6. The van der Waals surface area contributed by atoms with Crippen LogP contribution in [0.1, 0.15) is 47.5 Å². The van der Waals surface area contributed by atoms with Crippen molar-refractivity contribution in [1.82, 2.24) is 10.2 Å². The van der Waals surface area contributed by atoms with Gasteiger partial charge in [0.05, 0.1) is 0 Å². The van der Waals surface area contributed by atoms with Gasteiger partial charge in [-0.15, -0.1) is 0 Å². The molecule has 0 radical (unpaired) electrons. The minimum atomic E-state index is -0.121. The maximum atomic E-state index is 12.0. The molecule has 4 heteroatoms. The first kappa shape index (κ1) is 17.4. The van der Waals surface area contributed by atoms with Crippen LogP contribution in [-0.2, 0) is 4.79 Å². The van der Waals surface area contributed by atoms with E-state index in [0.29, 0.717) is 12.0 Å². The van der Waals surface area contributed by atoms with E-state index in [-0.39, 0.29) is 17.9 Å². The molecule has 1 heterocycles. The number of nitrogens with zero attached hydrogens (tertiary/aromatic N) is 1. The molecule has 1 aliphatic heterocycles. The van der Waals surface area contributed by atoms with E-state index >= 15 is 0 Å².